The number of hydrogen-bond acceptors (Lipinski definition) is 4. The van der Waals surface area contributed by atoms with Crippen molar-refractivity contribution >= 4 is 15.9 Å². The van der Waals surface area contributed by atoms with Gasteiger partial charge in [-0.05, 0) is 49.9 Å². The second-order valence-electron chi connectivity index (χ2n) is 6.42. The van der Waals surface area contributed by atoms with Crippen LogP contribution >= 0.6 is 0 Å². The molecule has 1 aliphatic rings. The highest BCUT2D eigenvalue weighted by Gasteiger charge is 2.29. The van der Waals surface area contributed by atoms with Crippen LogP contribution in [-0.2, 0) is 14.8 Å². The van der Waals surface area contributed by atoms with Crippen molar-refractivity contribution < 1.29 is 17.9 Å². The predicted molar refractivity (Wildman–Crippen MR) is 93.6 cm³/mol. The lowest BCUT2D eigenvalue weighted by atomic mass is 9.99. The van der Waals surface area contributed by atoms with Crippen molar-refractivity contribution in [3.63, 3.8) is 0 Å². The summed E-state index contributed by atoms with van der Waals surface area (Å²) in [5, 5.41) is 2.84. The summed E-state index contributed by atoms with van der Waals surface area (Å²) in [5.41, 5.74) is 2.27. The van der Waals surface area contributed by atoms with E-state index in [0.29, 0.717) is 26.1 Å². The zero-order valence-corrected chi connectivity index (χ0v) is 15.4. The quantitative estimate of drug-likeness (QED) is 0.785. The third-order valence-corrected chi connectivity index (χ3v) is 5.36. The molecule has 1 atom stereocenters. The summed E-state index contributed by atoms with van der Waals surface area (Å²) in [4.78, 5) is 12.2. The molecular formula is C17H26N2O4S. The van der Waals surface area contributed by atoms with E-state index in [1.165, 1.54) is 10.6 Å². The first-order valence-corrected chi connectivity index (χ1v) is 10.0. The van der Waals surface area contributed by atoms with Crippen LogP contribution in [-0.4, -0.2) is 51.1 Å². The van der Waals surface area contributed by atoms with Gasteiger partial charge in [0.2, 0.25) is 15.9 Å². The van der Waals surface area contributed by atoms with Crippen LogP contribution in [0.3, 0.4) is 0 Å². The van der Waals surface area contributed by atoms with Gasteiger partial charge in [0.1, 0.15) is 12.4 Å². The number of rotatable bonds is 6. The van der Waals surface area contributed by atoms with Gasteiger partial charge in [0.15, 0.2) is 0 Å². The summed E-state index contributed by atoms with van der Waals surface area (Å²) in [6.07, 6.45) is 2.62. The Morgan fingerprint density at radius 1 is 1.29 bits per heavy atom. The average Bonchev–Trinajstić information content (AvgIpc) is 2.50. The van der Waals surface area contributed by atoms with Crippen LogP contribution in [0.1, 0.15) is 24.0 Å². The van der Waals surface area contributed by atoms with Crippen LogP contribution in [0.4, 0.5) is 0 Å². The van der Waals surface area contributed by atoms with E-state index in [0.717, 1.165) is 23.3 Å². The van der Waals surface area contributed by atoms with Gasteiger partial charge in [-0.3, -0.25) is 4.79 Å². The first-order valence-electron chi connectivity index (χ1n) is 8.19. The molecule has 1 saturated heterocycles. The minimum absolute atomic E-state index is 0.104. The standard InChI is InChI=1S/C17H26N2O4S/c1-13-9-14(2)11-16(10-13)23-8-6-18-17(20)15-5-4-7-19(12-15)24(3,21)22/h9-11,15H,4-8,12H2,1-3H3,(H,18,20)/t15-/m0/s1. The zero-order valence-electron chi connectivity index (χ0n) is 14.5. The lowest BCUT2D eigenvalue weighted by Crippen LogP contribution is -2.45. The predicted octanol–water partition coefficient (Wildman–Crippen LogP) is 1.47. The highest BCUT2D eigenvalue weighted by atomic mass is 32.2. The number of carbonyl (C=O) groups excluding carboxylic acids is 1. The Labute approximate surface area is 144 Å². The number of aryl methyl sites for hydroxylation is 2. The highest BCUT2D eigenvalue weighted by Crippen LogP contribution is 2.19. The second-order valence-corrected chi connectivity index (χ2v) is 8.41. The van der Waals surface area contributed by atoms with Gasteiger partial charge in [-0.2, -0.15) is 0 Å². The molecule has 6 nitrogen and oxygen atoms in total. The molecule has 1 fully saturated rings. The van der Waals surface area contributed by atoms with Crippen molar-refractivity contribution in [3.05, 3.63) is 29.3 Å². The van der Waals surface area contributed by atoms with Crippen molar-refractivity contribution in [3.8, 4) is 5.75 Å². The number of nitrogens with zero attached hydrogens (tertiary/aromatic N) is 1. The number of piperidine rings is 1. The van der Waals surface area contributed by atoms with Crippen LogP contribution in [0.25, 0.3) is 0 Å². The topological polar surface area (TPSA) is 75.7 Å². The number of nitrogens with one attached hydrogen (secondary N) is 1. The molecular weight excluding hydrogens is 328 g/mol. The highest BCUT2D eigenvalue weighted by molar-refractivity contribution is 7.88. The lowest BCUT2D eigenvalue weighted by molar-refractivity contribution is -0.126. The second kappa shape index (κ2) is 7.98. The van der Waals surface area contributed by atoms with Gasteiger partial charge >= 0.3 is 0 Å². The normalized spacial score (nSPS) is 19.0. The van der Waals surface area contributed by atoms with Crippen molar-refractivity contribution in [2.45, 2.75) is 26.7 Å². The Morgan fingerprint density at radius 2 is 1.96 bits per heavy atom. The molecule has 0 spiro atoms. The van der Waals surface area contributed by atoms with Gasteiger partial charge in [-0.15, -0.1) is 0 Å². The third-order valence-electron chi connectivity index (χ3n) is 4.09. The summed E-state index contributed by atoms with van der Waals surface area (Å²) < 4.78 is 30.2. The Balaban J connectivity index is 1.76. The Bertz CT molecular complexity index is 668. The minimum atomic E-state index is -3.23. The smallest absolute Gasteiger partial charge is 0.224 e. The SMILES string of the molecule is Cc1cc(C)cc(OCCNC(=O)[C@H]2CCCN(S(C)(=O)=O)C2)c1. The zero-order chi connectivity index (χ0) is 17.7. The van der Waals surface area contributed by atoms with Gasteiger partial charge < -0.3 is 10.1 Å². The van der Waals surface area contributed by atoms with Crippen molar-refractivity contribution in [2.24, 2.45) is 5.92 Å². The first kappa shape index (κ1) is 18.7. The maximum absolute atomic E-state index is 12.2. The number of hydrogen-bond donors (Lipinski definition) is 1. The van der Waals surface area contributed by atoms with Crippen LogP contribution in [0.5, 0.6) is 5.75 Å². The van der Waals surface area contributed by atoms with E-state index in [1.54, 1.807) is 0 Å². The van der Waals surface area contributed by atoms with Gasteiger partial charge in [-0.1, -0.05) is 6.07 Å². The molecule has 0 aliphatic carbocycles. The molecule has 0 radical (unpaired) electrons. The Hall–Kier alpha value is -1.60. The van der Waals surface area contributed by atoms with E-state index >= 15 is 0 Å². The van der Waals surface area contributed by atoms with Crippen molar-refractivity contribution in [1.82, 2.24) is 9.62 Å². The molecule has 134 valence electrons. The van der Waals surface area contributed by atoms with E-state index < -0.39 is 10.0 Å². The molecule has 1 aromatic carbocycles. The minimum Gasteiger partial charge on any atom is -0.492 e. The molecule has 0 unspecified atom stereocenters. The largest absolute Gasteiger partial charge is 0.492 e. The summed E-state index contributed by atoms with van der Waals surface area (Å²) >= 11 is 0. The molecule has 1 amide bonds. The molecule has 1 heterocycles. The van der Waals surface area contributed by atoms with Crippen molar-refractivity contribution in [1.29, 1.82) is 0 Å². The number of ether oxygens (including phenoxy) is 1. The van der Waals surface area contributed by atoms with E-state index in [1.807, 2.05) is 26.0 Å². The van der Waals surface area contributed by atoms with Crippen LogP contribution in [0.15, 0.2) is 18.2 Å². The fourth-order valence-corrected chi connectivity index (χ4v) is 3.87. The van der Waals surface area contributed by atoms with Gasteiger partial charge in [-0.25, -0.2) is 12.7 Å². The summed E-state index contributed by atoms with van der Waals surface area (Å²) in [5.74, 6) is 0.407. The molecule has 0 bridgehead atoms. The van der Waals surface area contributed by atoms with E-state index in [2.05, 4.69) is 11.4 Å². The number of benzene rings is 1. The summed E-state index contributed by atoms with van der Waals surface area (Å²) in [6.45, 7) is 5.58. The van der Waals surface area contributed by atoms with Gasteiger partial charge in [0.05, 0.1) is 18.7 Å². The third kappa shape index (κ3) is 5.49. The molecule has 0 aromatic heterocycles. The molecule has 1 aromatic rings. The fraction of sp³-hybridized carbons (Fsp3) is 0.588. The lowest BCUT2D eigenvalue weighted by Gasteiger charge is -2.30. The Morgan fingerprint density at radius 3 is 2.58 bits per heavy atom. The molecule has 24 heavy (non-hydrogen) atoms. The van der Waals surface area contributed by atoms with E-state index in [4.69, 9.17) is 4.74 Å². The fourth-order valence-electron chi connectivity index (χ4n) is 2.96. The number of amides is 1. The van der Waals surface area contributed by atoms with Crippen LogP contribution in [0.2, 0.25) is 0 Å². The van der Waals surface area contributed by atoms with Gasteiger partial charge in [0, 0.05) is 13.1 Å². The molecule has 1 aliphatic heterocycles. The monoisotopic (exact) mass is 354 g/mol. The molecule has 7 heteroatoms. The molecule has 0 saturated carbocycles. The molecule has 1 N–H and O–H groups in total. The summed E-state index contributed by atoms with van der Waals surface area (Å²) in [7, 11) is -3.23. The van der Waals surface area contributed by atoms with Crippen LogP contribution < -0.4 is 10.1 Å². The first-order chi connectivity index (χ1) is 11.3. The molecule has 2 rings (SSSR count). The van der Waals surface area contributed by atoms with E-state index in [9.17, 15) is 13.2 Å². The van der Waals surface area contributed by atoms with Gasteiger partial charge in [0.25, 0.3) is 0 Å². The maximum atomic E-state index is 12.2. The van der Waals surface area contributed by atoms with E-state index in [-0.39, 0.29) is 18.4 Å². The van der Waals surface area contributed by atoms with Crippen LogP contribution in [0, 0.1) is 19.8 Å². The number of sulfonamides is 1. The number of carbonyl (C=O) groups is 1. The average molecular weight is 354 g/mol. The Kier molecular flexibility index (Phi) is 6.23. The maximum Gasteiger partial charge on any atom is 0.224 e. The van der Waals surface area contributed by atoms with Crippen molar-refractivity contribution in [2.75, 3.05) is 32.5 Å². The summed E-state index contributed by atoms with van der Waals surface area (Å²) in [6, 6.07) is 5.99.